The normalized spacial score (nSPS) is 19.5. The quantitative estimate of drug-likeness (QED) is 0.213. The Labute approximate surface area is 169 Å². The van der Waals surface area contributed by atoms with Gasteiger partial charge in [-0.05, 0) is 56.4 Å². The van der Waals surface area contributed by atoms with E-state index in [4.69, 9.17) is 16.0 Å². The Kier molecular flexibility index (Phi) is 7.38. The molecule has 2 rings (SSSR count). The molecule has 154 valence electrons. The lowest BCUT2D eigenvalue weighted by atomic mass is 9.95. The van der Waals surface area contributed by atoms with Crippen LogP contribution in [0.3, 0.4) is 0 Å². The first-order chi connectivity index (χ1) is 13.7. The molecule has 8 heteroatoms. The molecule has 1 aliphatic rings. The lowest BCUT2D eigenvalue weighted by molar-refractivity contribution is -0.132. The van der Waals surface area contributed by atoms with Crippen LogP contribution in [0.5, 0.6) is 0 Å². The Morgan fingerprint density at radius 1 is 1.28 bits per heavy atom. The molecule has 1 aromatic carbocycles. The first-order valence-corrected chi connectivity index (χ1v) is 9.11. The highest BCUT2D eigenvalue weighted by atomic mass is 16.5. The van der Waals surface area contributed by atoms with E-state index in [1.807, 2.05) is 0 Å². The number of hydrogen-bond donors (Lipinski definition) is 6. The first kappa shape index (κ1) is 22.4. The van der Waals surface area contributed by atoms with Gasteiger partial charge in [-0.15, -0.1) is 0 Å². The molecule has 4 atom stereocenters. The van der Waals surface area contributed by atoms with Crippen molar-refractivity contribution in [2.75, 3.05) is 6.61 Å². The van der Waals surface area contributed by atoms with E-state index in [0.29, 0.717) is 11.1 Å². The maximum Gasteiger partial charge on any atom is 0.267 e. The number of aliphatic hydroxyl groups is 2. The molecule has 2 amide bonds. The van der Waals surface area contributed by atoms with Crippen LogP contribution in [-0.2, 0) is 4.79 Å². The molecular formula is C21H25N3O5. The number of carbonyl (C=O) groups excluding carboxylic acids is 2. The van der Waals surface area contributed by atoms with Crippen molar-refractivity contribution in [2.45, 2.75) is 38.0 Å². The molecule has 7 N–H and O–H groups in total. The van der Waals surface area contributed by atoms with Crippen LogP contribution in [-0.4, -0.2) is 51.5 Å². The number of carbonyl (C=O) groups is 2. The van der Waals surface area contributed by atoms with Gasteiger partial charge in [0.05, 0.1) is 12.7 Å². The van der Waals surface area contributed by atoms with Gasteiger partial charge in [0.25, 0.3) is 11.8 Å². The second-order valence-corrected chi connectivity index (χ2v) is 7.56. The molecule has 0 aliphatic heterocycles. The smallest absolute Gasteiger partial charge is 0.267 e. The van der Waals surface area contributed by atoms with Gasteiger partial charge in [0, 0.05) is 28.5 Å². The number of nitrogens with two attached hydrogens (primary N) is 1. The Bertz CT molecular complexity index is 868. The maximum absolute atomic E-state index is 12.4. The second kappa shape index (κ2) is 9.55. The molecule has 2 unspecified atom stereocenters. The standard InChI is InChI=1S/C21H25N3O5/c1-21(2,22)18(20(28)24-29)23-19(27)14-9-7-13(8-10-14)5-3-4-6-15-11-16(15)17(26)12-25/h7-10,15-18,25-26,29H,11-12,22H2,1-2H3,(H,23,27)(H,24,28)/t15-,16-,17?,18?/m1/s1. The lowest BCUT2D eigenvalue weighted by Crippen LogP contribution is -2.61. The maximum atomic E-state index is 12.4. The minimum Gasteiger partial charge on any atom is -0.394 e. The SMILES string of the molecule is CC(C)(N)C(NC(=O)c1ccc(C#CC#C[C@@H]2C[C@H]2C(O)CO)cc1)C(=O)NO. The third kappa shape index (κ3) is 6.31. The van der Waals surface area contributed by atoms with Gasteiger partial charge in [0.2, 0.25) is 0 Å². The van der Waals surface area contributed by atoms with E-state index in [1.54, 1.807) is 38.1 Å². The average molecular weight is 399 g/mol. The minimum atomic E-state index is -1.12. The summed E-state index contributed by atoms with van der Waals surface area (Å²) in [4.78, 5) is 24.1. The van der Waals surface area contributed by atoms with Crippen molar-refractivity contribution in [1.29, 1.82) is 0 Å². The summed E-state index contributed by atoms with van der Waals surface area (Å²) in [7, 11) is 0. The van der Waals surface area contributed by atoms with Crippen molar-refractivity contribution < 1.29 is 25.0 Å². The molecule has 29 heavy (non-hydrogen) atoms. The number of hydrogen-bond acceptors (Lipinski definition) is 6. The Morgan fingerprint density at radius 2 is 1.93 bits per heavy atom. The summed E-state index contributed by atoms with van der Waals surface area (Å²) in [6.45, 7) is 2.85. The average Bonchev–Trinajstić information content (AvgIpc) is 3.47. The van der Waals surface area contributed by atoms with E-state index in [2.05, 4.69) is 29.0 Å². The van der Waals surface area contributed by atoms with Crippen LogP contribution in [0.4, 0.5) is 0 Å². The van der Waals surface area contributed by atoms with Gasteiger partial charge < -0.3 is 21.3 Å². The highest BCUT2D eigenvalue weighted by Gasteiger charge is 2.41. The lowest BCUT2D eigenvalue weighted by Gasteiger charge is -2.29. The fourth-order valence-corrected chi connectivity index (χ4v) is 2.75. The third-order valence-corrected chi connectivity index (χ3v) is 4.59. The van der Waals surface area contributed by atoms with E-state index >= 15 is 0 Å². The Morgan fingerprint density at radius 3 is 2.48 bits per heavy atom. The van der Waals surface area contributed by atoms with Crippen LogP contribution < -0.4 is 16.5 Å². The van der Waals surface area contributed by atoms with Crippen LogP contribution in [0.25, 0.3) is 0 Å². The van der Waals surface area contributed by atoms with E-state index in [-0.39, 0.29) is 18.4 Å². The fourth-order valence-electron chi connectivity index (χ4n) is 2.75. The predicted octanol–water partition coefficient (Wildman–Crippen LogP) is -0.628. The monoisotopic (exact) mass is 399 g/mol. The highest BCUT2D eigenvalue weighted by molar-refractivity contribution is 5.97. The minimum absolute atomic E-state index is 0.0161. The summed E-state index contributed by atoms with van der Waals surface area (Å²) in [5.74, 6) is 10.0. The van der Waals surface area contributed by atoms with Crippen molar-refractivity contribution in [2.24, 2.45) is 17.6 Å². The van der Waals surface area contributed by atoms with Gasteiger partial charge in [-0.1, -0.05) is 11.8 Å². The number of rotatable bonds is 6. The zero-order valence-corrected chi connectivity index (χ0v) is 16.3. The number of aliphatic hydroxyl groups excluding tert-OH is 2. The summed E-state index contributed by atoms with van der Waals surface area (Å²) in [6, 6.07) is 5.28. The van der Waals surface area contributed by atoms with E-state index in [0.717, 1.165) is 6.42 Å². The molecule has 0 bridgehead atoms. The summed E-state index contributed by atoms with van der Waals surface area (Å²) < 4.78 is 0. The van der Waals surface area contributed by atoms with Gasteiger partial charge in [-0.2, -0.15) is 0 Å². The molecule has 1 aromatic rings. The number of benzene rings is 1. The summed E-state index contributed by atoms with van der Waals surface area (Å²) >= 11 is 0. The summed E-state index contributed by atoms with van der Waals surface area (Å²) in [5, 5.41) is 29.7. The van der Waals surface area contributed by atoms with Crippen LogP contribution in [0.15, 0.2) is 24.3 Å². The fraction of sp³-hybridized carbons (Fsp3) is 0.429. The van der Waals surface area contributed by atoms with Crippen LogP contribution in [0.1, 0.15) is 36.2 Å². The van der Waals surface area contributed by atoms with Crippen molar-refractivity contribution >= 4 is 11.8 Å². The van der Waals surface area contributed by atoms with Gasteiger partial charge in [-0.3, -0.25) is 14.8 Å². The number of hydroxylamine groups is 1. The van der Waals surface area contributed by atoms with Gasteiger partial charge in [0.15, 0.2) is 0 Å². The van der Waals surface area contributed by atoms with Gasteiger partial charge in [0.1, 0.15) is 6.04 Å². The Balaban J connectivity index is 1.97. The zero-order valence-electron chi connectivity index (χ0n) is 16.3. The van der Waals surface area contributed by atoms with Crippen molar-refractivity contribution in [3.63, 3.8) is 0 Å². The molecule has 0 spiro atoms. The number of nitrogens with one attached hydrogen (secondary N) is 2. The van der Waals surface area contributed by atoms with Crippen molar-refractivity contribution in [3.05, 3.63) is 35.4 Å². The topological polar surface area (TPSA) is 145 Å². The molecule has 1 aliphatic carbocycles. The van der Waals surface area contributed by atoms with Crippen molar-refractivity contribution in [3.8, 4) is 23.7 Å². The number of amides is 2. The third-order valence-electron chi connectivity index (χ3n) is 4.59. The zero-order chi connectivity index (χ0) is 21.6. The molecule has 1 saturated carbocycles. The predicted molar refractivity (Wildman–Crippen MR) is 105 cm³/mol. The van der Waals surface area contributed by atoms with E-state index in [9.17, 15) is 14.7 Å². The second-order valence-electron chi connectivity index (χ2n) is 7.56. The van der Waals surface area contributed by atoms with E-state index < -0.39 is 29.5 Å². The molecule has 0 aromatic heterocycles. The van der Waals surface area contributed by atoms with Crippen LogP contribution >= 0.6 is 0 Å². The van der Waals surface area contributed by atoms with Gasteiger partial charge in [-0.25, -0.2) is 5.48 Å². The van der Waals surface area contributed by atoms with Crippen molar-refractivity contribution in [1.82, 2.24) is 10.8 Å². The summed E-state index contributed by atoms with van der Waals surface area (Å²) in [5.41, 5.74) is 7.27. The van der Waals surface area contributed by atoms with Crippen LogP contribution in [0, 0.1) is 35.5 Å². The first-order valence-electron chi connectivity index (χ1n) is 9.11. The van der Waals surface area contributed by atoms with Gasteiger partial charge >= 0.3 is 0 Å². The summed E-state index contributed by atoms with van der Waals surface area (Å²) in [6.07, 6.45) is 0.0311. The largest absolute Gasteiger partial charge is 0.394 e. The van der Waals surface area contributed by atoms with Crippen LogP contribution in [0.2, 0.25) is 0 Å². The molecule has 0 saturated heterocycles. The molecule has 0 heterocycles. The Hall–Kier alpha value is -2.88. The van der Waals surface area contributed by atoms with E-state index in [1.165, 1.54) is 5.48 Å². The molecule has 8 nitrogen and oxygen atoms in total. The molecule has 1 fully saturated rings. The molecule has 0 radical (unpaired) electrons. The molecular weight excluding hydrogens is 374 g/mol. The highest BCUT2D eigenvalue weighted by Crippen LogP contribution is 2.40.